The highest BCUT2D eigenvalue weighted by atomic mass is 19.4. The maximum atomic E-state index is 13.8. The van der Waals surface area contributed by atoms with E-state index in [1.54, 1.807) is 11.0 Å². The van der Waals surface area contributed by atoms with Gasteiger partial charge in [-0.05, 0) is 61.1 Å². The summed E-state index contributed by atoms with van der Waals surface area (Å²) in [6, 6.07) is 7.71. The van der Waals surface area contributed by atoms with E-state index in [1.807, 2.05) is 0 Å². The molecule has 0 spiro atoms. The molecule has 4 nitrogen and oxygen atoms in total. The highest BCUT2D eigenvalue weighted by Gasteiger charge is 2.41. The van der Waals surface area contributed by atoms with E-state index in [1.165, 1.54) is 25.3 Å². The third-order valence-corrected chi connectivity index (χ3v) is 5.59. The molecule has 4 rings (SSSR count). The molecule has 29 heavy (non-hydrogen) atoms. The van der Waals surface area contributed by atoms with Gasteiger partial charge in [-0.3, -0.25) is 4.79 Å². The molecule has 154 valence electrons. The number of carbonyl (C=O) groups is 1. The second-order valence-electron chi connectivity index (χ2n) is 7.32. The Hall–Kier alpha value is -2.77. The van der Waals surface area contributed by atoms with Crippen LogP contribution >= 0.6 is 0 Å². The van der Waals surface area contributed by atoms with E-state index in [4.69, 9.17) is 4.74 Å². The molecule has 1 saturated carbocycles. The first-order valence-corrected chi connectivity index (χ1v) is 9.32. The zero-order valence-corrected chi connectivity index (χ0v) is 15.6. The molecule has 1 aliphatic carbocycles. The molecule has 0 aromatic heterocycles. The molecule has 2 atom stereocenters. The predicted molar refractivity (Wildman–Crippen MR) is 97.7 cm³/mol. The highest BCUT2D eigenvalue weighted by molar-refractivity contribution is 6.09. The first-order valence-electron chi connectivity index (χ1n) is 9.32. The zero-order valence-electron chi connectivity index (χ0n) is 15.6. The number of benzene rings is 2. The van der Waals surface area contributed by atoms with E-state index in [0.29, 0.717) is 12.1 Å². The Balaban J connectivity index is 1.73. The van der Waals surface area contributed by atoms with Crippen LogP contribution in [0.1, 0.15) is 35.2 Å². The molecule has 0 N–H and O–H groups in total. The quantitative estimate of drug-likeness (QED) is 0.662. The second kappa shape index (κ2) is 7.24. The van der Waals surface area contributed by atoms with Crippen molar-refractivity contribution in [3.05, 3.63) is 53.3 Å². The van der Waals surface area contributed by atoms with E-state index in [9.17, 15) is 22.4 Å². The smallest absolute Gasteiger partial charge is 0.496 e. The van der Waals surface area contributed by atoms with Crippen molar-refractivity contribution in [1.29, 1.82) is 0 Å². The van der Waals surface area contributed by atoms with Crippen molar-refractivity contribution >= 4 is 11.6 Å². The third kappa shape index (κ3) is 3.75. The summed E-state index contributed by atoms with van der Waals surface area (Å²) in [5, 5.41) is 0. The number of amides is 1. The lowest BCUT2D eigenvalue weighted by atomic mass is 9.87. The van der Waals surface area contributed by atoms with Crippen molar-refractivity contribution in [3.63, 3.8) is 0 Å². The van der Waals surface area contributed by atoms with Crippen LogP contribution in [0, 0.1) is 11.7 Å². The summed E-state index contributed by atoms with van der Waals surface area (Å²) < 4.78 is 60.4. The molecule has 0 bridgehead atoms. The molecular weight excluding hydrogens is 390 g/mol. The van der Waals surface area contributed by atoms with Crippen LogP contribution in [0.3, 0.4) is 0 Å². The van der Waals surface area contributed by atoms with Crippen LogP contribution in [0.2, 0.25) is 0 Å². The lowest BCUT2D eigenvalue weighted by Gasteiger charge is -2.39. The minimum absolute atomic E-state index is 0.0134. The fourth-order valence-electron chi connectivity index (χ4n) is 4.44. The Bertz CT molecular complexity index is 944. The fraction of sp³-hybridized carbons (Fsp3) is 0.381. The van der Waals surface area contributed by atoms with Gasteiger partial charge in [0.05, 0.1) is 12.7 Å². The Morgan fingerprint density at radius 3 is 2.66 bits per heavy atom. The van der Waals surface area contributed by atoms with Gasteiger partial charge in [-0.2, -0.15) is 0 Å². The Morgan fingerprint density at radius 1 is 1.14 bits per heavy atom. The second-order valence-corrected chi connectivity index (χ2v) is 7.32. The van der Waals surface area contributed by atoms with E-state index in [0.717, 1.165) is 37.0 Å². The SMILES string of the molecule is COc1cc(OC(F)(F)F)ccc1C(=O)N1c2ccc(F)cc2CC2CCCC21. The fourth-order valence-corrected chi connectivity index (χ4v) is 4.44. The Kier molecular flexibility index (Phi) is 4.88. The number of ether oxygens (including phenoxy) is 2. The van der Waals surface area contributed by atoms with Gasteiger partial charge >= 0.3 is 6.36 Å². The number of rotatable bonds is 3. The van der Waals surface area contributed by atoms with E-state index < -0.39 is 12.1 Å². The summed E-state index contributed by atoms with van der Waals surface area (Å²) in [7, 11) is 1.28. The molecular formula is C21H19F4NO3. The van der Waals surface area contributed by atoms with Gasteiger partial charge in [-0.15, -0.1) is 13.2 Å². The average molecular weight is 409 g/mol. The molecule has 2 aromatic carbocycles. The van der Waals surface area contributed by atoms with E-state index in [2.05, 4.69) is 4.74 Å². The highest BCUT2D eigenvalue weighted by Crippen LogP contribution is 2.43. The number of alkyl halides is 3. The molecule has 0 saturated heterocycles. The molecule has 1 fully saturated rings. The lowest BCUT2D eigenvalue weighted by Crippen LogP contribution is -2.46. The predicted octanol–water partition coefficient (Wildman–Crippen LogP) is 5.10. The first kappa shape index (κ1) is 19.5. The van der Waals surface area contributed by atoms with Crippen LogP contribution in [0.4, 0.5) is 23.2 Å². The zero-order chi connectivity index (χ0) is 20.8. The minimum Gasteiger partial charge on any atom is -0.496 e. The van der Waals surface area contributed by atoms with Crippen molar-refractivity contribution in [1.82, 2.24) is 0 Å². The monoisotopic (exact) mass is 409 g/mol. The number of halogens is 4. The molecule has 1 aliphatic heterocycles. The summed E-state index contributed by atoms with van der Waals surface area (Å²) >= 11 is 0. The van der Waals surface area contributed by atoms with Gasteiger partial charge in [0.1, 0.15) is 17.3 Å². The van der Waals surface area contributed by atoms with E-state index >= 15 is 0 Å². The van der Waals surface area contributed by atoms with Gasteiger partial charge in [0.25, 0.3) is 5.91 Å². The maximum absolute atomic E-state index is 13.8. The third-order valence-electron chi connectivity index (χ3n) is 5.59. The van der Waals surface area contributed by atoms with Crippen LogP contribution in [0.25, 0.3) is 0 Å². The number of fused-ring (bicyclic) bond motifs is 2. The summed E-state index contributed by atoms with van der Waals surface area (Å²) in [5.74, 6) is -0.998. The Morgan fingerprint density at radius 2 is 1.93 bits per heavy atom. The number of hydrogen-bond donors (Lipinski definition) is 0. The molecule has 8 heteroatoms. The molecule has 2 aromatic rings. The minimum atomic E-state index is -4.84. The van der Waals surface area contributed by atoms with Gasteiger partial charge in [-0.1, -0.05) is 6.42 Å². The van der Waals surface area contributed by atoms with Crippen LogP contribution in [0.5, 0.6) is 11.5 Å². The van der Waals surface area contributed by atoms with Crippen molar-refractivity contribution in [2.24, 2.45) is 5.92 Å². The van der Waals surface area contributed by atoms with Crippen molar-refractivity contribution < 1.29 is 31.8 Å². The van der Waals surface area contributed by atoms with Crippen LogP contribution in [-0.4, -0.2) is 25.4 Å². The Labute approximate surface area is 165 Å². The van der Waals surface area contributed by atoms with Gasteiger partial charge in [-0.25, -0.2) is 4.39 Å². The van der Waals surface area contributed by atoms with Gasteiger partial charge in [0.2, 0.25) is 0 Å². The number of nitrogens with zero attached hydrogens (tertiary/aromatic N) is 1. The molecule has 1 amide bonds. The van der Waals surface area contributed by atoms with Gasteiger partial charge in [0.15, 0.2) is 0 Å². The average Bonchev–Trinajstić information content (AvgIpc) is 3.12. The largest absolute Gasteiger partial charge is 0.573 e. The number of anilines is 1. The molecule has 2 unspecified atom stereocenters. The summed E-state index contributed by atoms with van der Waals surface area (Å²) in [6.45, 7) is 0. The maximum Gasteiger partial charge on any atom is 0.573 e. The topological polar surface area (TPSA) is 38.8 Å². The normalized spacial score (nSPS) is 20.8. The van der Waals surface area contributed by atoms with E-state index in [-0.39, 0.29) is 35.0 Å². The van der Waals surface area contributed by atoms with Crippen molar-refractivity contribution in [3.8, 4) is 11.5 Å². The number of carbonyl (C=O) groups excluding carboxylic acids is 1. The summed E-state index contributed by atoms with van der Waals surface area (Å²) in [4.78, 5) is 15.1. The first-order chi connectivity index (χ1) is 13.8. The standard InChI is InChI=1S/C21H19F4NO3/c1-28-19-11-15(29-21(23,24)25)6-7-16(19)20(27)26-17-4-2-3-12(17)9-13-10-14(22)5-8-18(13)26/h5-8,10-12,17H,2-4,9H2,1H3. The molecule has 2 aliphatic rings. The lowest BCUT2D eigenvalue weighted by molar-refractivity contribution is -0.274. The summed E-state index contributed by atoms with van der Waals surface area (Å²) in [6.07, 6.45) is -1.41. The number of hydrogen-bond acceptors (Lipinski definition) is 3. The molecule has 1 heterocycles. The van der Waals surface area contributed by atoms with Gasteiger partial charge < -0.3 is 14.4 Å². The van der Waals surface area contributed by atoms with Crippen LogP contribution in [-0.2, 0) is 6.42 Å². The van der Waals surface area contributed by atoms with Crippen LogP contribution < -0.4 is 14.4 Å². The van der Waals surface area contributed by atoms with Crippen molar-refractivity contribution in [2.75, 3.05) is 12.0 Å². The van der Waals surface area contributed by atoms with Crippen LogP contribution in [0.15, 0.2) is 36.4 Å². The van der Waals surface area contributed by atoms with Gasteiger partial charge in [0, 0.05) is 17.8 Å². The van der Waals surface area contributed by atoms with Crippen molar-refractivity contribution in [2.45, 2.75) is 38.1 Å². The number of methoxy groups -OCH3 is 1. The summed E-state index contributed by atoms with van der Waals surface area (Å²) in [5.41, 5.74) is 1.53. The molecule has 0 radical (unpaired) electrons.